The van der Waals surface area contributed by atoms with E-state index in [1.807, 2.05) is 11.8 Å². The van der Waals surface area contributed by atoms with Crippen LogP contribution in [0.3, 0.4) is 0 Å². The monoisotopic (exact) mass is 320 g/mol. The van der Waals surface area contributed by atoms with Crippen LogP contribution >= 0.6 is 19.7 Å². The average Bonchev–Trinajstić information content (AvgIpc) is 2.54. The maximum atomic E-state index is 2.38. The minimum absolute atomic E-state index is 0.452. The molecule has 0 bridgehead atoms. The summed E-state index contributed by atoms with van der Waals surface area (Å²) in [6.45, 7) is 4.38. The minimum Gasteiger partial charge on any atom is -0.0887 e. The smallest absolute Gasteiger partial charge is 0.0206 e. The van der Waals surface area contributed by atoms with Crippen molar-refractivity contribution in [2.45, 2.75) is 23.6 Å². The van der Waals surface area contributed by atoms with Crippen molar-refractivity contribution in [2.24, 2.45) is 0 Å². The first-order valence-electron chi connectivity index (χ1n) is 7.47. The van der Waals surface area contributed by atoms with Crippen molar-refractivity contribution in [1.29, 1.82) is 0 Å². The van der Waals surface area contributed by atoms with Crippen molar-refractivity contribution in [3.63, 3.8) is 0 Å². The van der Waals surface area contributed by atoms with E-state index in [2.05, 4.69) is 80.6 Å². The Balaban J connectivity index is 1.99. The molecule has 22 heavy (non-hydrogen) atoms. The van der Waals surface area contributed by atoms with Crippen LogP contribution in [0.15, 0.2) is 76.5 Å². The summed E-state index contributed by atoms with van der Waals surface area (Å²) in [5, 5.41) is 4.45. The third-order valence-electron chi connectivity index (χ3n) is 3.94. The summed E-state index contributed by atoms with van der Waals surface area (Å²) in [6, 6.07) is 24.8. The number of aryl methyl sites for hydroxylation is 2. The van der Waals surface area contributed by atoms with E-state index in [0.29, 0.717) is 0 Å². The number of hydrogen-bond donors (Lipinski definition) is 0. The standard InChI is InChI=1S/C20H17PS/c1-14-8-10-19-17(12-14)21(16-6-4-3-5-7-16)18-13-15(2)9-11-20(18)22-19/h3-13H,1-2H3. The molecule has 0 unspecified atom stereocenters. The van der Waals surface area contributed by atoms with Crippen LogP contribution in [-0.2, 0) is 0 Å². The Hall–Kier alpha value is -1.56. The highest BCUT2D eigenvalue weighted by molar-refractivity contribution is 8.02. The first-order chi connectivity index (χ1) is 10.7. The van der Waals surface area contributed by atoms with Gasteiger partial charge >= 0.3 is 0 Å². The Morgan fingerprint density at radius 3 is 1.77 bits per heavy atom. The first kappa shape index (κ1) is 14.1. The Bertz CT molecular complexity index is 788. The molecule has 2 heteroatoms. The fourth-order valence-corrected chi connectivity index (χ4v) is 7.08. The summed E-state index contributed by atoms with van der Waals surface area (Å²) in [6.07, 6.45) is 0. The fourth-order valence-electron chi connectivity index (χ4n) is 2.88. The lowest BCUT2D eigenvalue weighted by Gasteiger charge is -2.29. The molecule has 1 heterocycles. The number of rotatable bonds is 1. The van der Waals surface area contributed by atoms with E-state index < -0.39 is 7.92 Å². The SMILES string of the molecule is Cc1ccc2c(c1)P(c1ccccc1)c1cc(C)ccc1S2. The lowest BCUT2D eigenvalue weighted by molar-refractivity contribution is 1.37. The van der Waals surface area contributed by atoms with Crippen molar-refractivity contribution < 1.29 is 0 Å². The van der Waals surface area contributed by atoms with E-state index in [1.165, 1.54) is 36.8 Å². The Kier molecular flexibility index (Phi) is 3.56. The van der Waals surface area contributed by atoms with Crippen LogP contribution < -0.4 is 15.9 Å². The van der Waals surface area contributed by atoms with Crippen LogP contribution in [0.5, 0.6) is 0 Å². The van der Waals surface area contributed by atoms with Crippen LogP contribution in [0.2, 0.25) is 0 Å². The van der Waals surface area contributed by atoms with E-state index in [4.69, 9.17) is 0 Å². The van der Waals surface area contributed by atoms with E-state index in [9.17, 15) is 0 Å². The van der Waals surface area contributed by atoms with Gasteiger partial charge in [-0.15, -0.1) is 0 Å². The molecule has 0 nitrogen and oxygen atoms in total. The largest absolute Gasteiger partial charge is 0.0887 e. The molecule has 0 amide bonds. The summed E-state index contributed by atoms with van der Waals surface area (Å²) in [4.78, 5) is 2.83. The third-order valence-corrected chi connectivity index (χ3v) is 7.92. The van der Waals surface area contributed by atoms with Gasteiger partial charge in [-0.3, -0.25) is 0 Å². The first-order valence-corrected chi connectivity index (χ1v) is 9.62. The van der Waals surface area contributed by atoms with Gasteiger partial charge in [-0.25, -0.2) is 0 Å². The molecule has 0 N–H and O–H groups in total. The van der Waals surface area contributed by atoms with Crippen LogP contribution in [0.1, 0.15) is 11.1 Å². The van der Waals surface area contributed by atoms with Crippen molar-refractivity contribution >= 4 is 35.6 Å². The van der Waals surface area contributed by atoms with E-state index >= 15 is 0 Å². The molecule has 108 valence electrons. The molecule has 0 saturated heterocycles. The molecule has 3 aromatic carbocycles. The maximum absolute atomic E-state index is 2.38. The van der Waals surface area contributed by atoms with Gasteiger partial charge in [0.05, 0.1) is 0 Å². The quantitative estimate of drug-likeness (QED) is 0.465. The van der Waals surface area contributed by atoms with Crippen LogP contribution in [0.4, 0.5) is 0 Å². The molecule has 1 aliphatic rings. The maximum Gasteiger partial charge on any atom is 0.0206 e. The van der Waals surface area contributed by atoms with Crippen molar-refractivity contribution in [3.05, 3.63) is 77.9 Å². The van der Waals surface area contributed by atoms with Crippen LogP contribution in [0, 0.1) is 13.8 Å². The van der Waals surface area contributed by atoms with Gasteiger partial charge in [0, 0.05) is 9.79 Å². The molecule has 3 aromatic rings. The normalized spacial score (nSPS) is 13.5. The highest BCUT2D eigenvalue weighted by Gasteiger charge is 2.27. The third kappa shape index (κ3) is 2.39. The van der Waals surface area contributed by atoms with Gasteiger partial charge in [0.1, 0.15) is 0 Å². The van der Waals surface area contributed by atoms with Gasteiger partial charge < -0.3 is 0 Å². The Labute approximate surface area is 137 Å². The second kappa shape index (κ2) is 5.57. The Morgan fingerprint density at radius 1 is 0.682 bits per heavy atom. The molecule has 0 fully saturated rings. The molecule has 0 aromatic heterocycles. The summed E-state index contributed by atoms with van der Waals surface area (Å²) >= 11 is 1.91. The molecule has 1 aliphatic heterocycles. The van der Waals surface area contributed by atoms with E-state index in [-0.39, 0.29) is 0 Å². The summed E-state index contributed by atoms with van der Waals surface area (Å²) in [5.41, 5.74) is 2.69. The van der Waals surface area contributed by atoms with Gasteiger partial charge in [0.2, 0.25) is 0 Å². The number of benzene rings is 3. The highest BCUT2D eigenvalue weighted by atomic mass is 32.2. The van der Waals surface area contributed by atoms with Gasteiger partial charge in [0.25, 0.3) is 0 Å². The van der Waals surface area contributed by atoms with Crippen molar-refractivity contribution in [1.82, 2.24) is 0 Å². The summed E-state index contributed by atoms with van der Waals surface area (Å²) in [5.74, 6) is 0. The minimum atomic E-state index is -0.452. The van der Waals surface area contributed by atoms with Crippen LogP contribution in [-0.4, -0.2) is 0 Å². The zero-order valence-corrected chi connectivity index (χ0v) is 14.4. The summed E-state index contributed by atoms with van der Waals surface area (Å²) < 4.78 is 0. The molecule has 0 radical (unpaired) electrons. The number of hydrogen-bond acceptors (Lipinski definition) is 1. The molecule has 0 aliphatic carbocycles. The molecule has 0 atom stereocenters. The lowest BCUT2D eigenvalue weighted by atomic mass is 10.2. The van der Waals surface area contributed by atoms with Crippen LogP contribution in [0.25, 0.3) is 0 Å². The van der Waals surface area contributed by atoms with Gasteiger partial charge in [-0.2, -0.15) is 0 Å². The predicted molar refractivity (Wildman–Crippen MR) is 98.7 cm³/mol. The molecule has 4 rings (SSSR count). The second-order valence-electron chi connectivity index (χ2n) is 5.72. The molecule has 0 saturated carbocycles. The highest BCUT2D eigenvalue weighted by Crippen LogP contribution is 2.46. The van der Waals surface area contributed by atoms with Gasteiger partial charge in [-0.1, -0.05) is 65.4 Å². The molecular formula is C20H17PS. The molecular weight excluding hydrogens is 303 g/mol. The topological polar surface area (TPSA) is 0 Å². The van der Waals surface area contributed by atoms with Crippen molar-refractivity contribution in [3.8, 4) is 0 Å². The van der Waals surface area contributed by atoms with E-state index in [1.54, 1.807) is 0 Å². The van der Waals surface area contributed by atoms with E-state index in [0.717, 1.165) is 0 Å². The summed E-state index contributed by atoms with van der Waals surface area (Å²) in [7, 11) is -0.452. The molecule has 0 spiro atoms. The second-order valence-corrected chi connectivity index (χ2v) is 8.95. The van der Waals surface area contributed by atoms with Gasteiger partial charge in [-0.05, 0) is 61.9 Å². The average molecular weight is 320 g/mol. The zero-order valence-electron chi connectivity index (χ0n) is 12.7. The number of fused-ring (bicyclic) bond motifs is 2. The lowest BCUT2D eigenvalue weighted by Crippen LogP contribution is -2.26. The fraction of sp³-hybridized carbons (Fsp3) is 0.100. The predicted octanol–water partition coefficient (Wildman–Crippen LogP) is 4.53. The van der Waals surface area contributed by atoms with Gasteiger partial charge in [0.15, 0.2) is 0 Å². The van der Waals surface area contributed by atoms with Crippen molar-refractivity contribution in [2.75, 3.05) is 0 Å². The zero-order chi connectivity index (χ0) is 15.1. The Morgan fingerprint density at radius 2 is 1.23 bits per heavy atom.